The number of rotatable bonds is 5. The fourth-order valence-electron chi connectivity index (χ4n) is 8.84. The molecule has 1 amide bonds. The number of halogens is 2. The molecule has 10 nitrogen and oxygen atoms in total. The van der Waals surface area contributed by atoms with Crippen LogP contribution in [0.5, 0.6) is 6.01 Å². The van der Waals surface area contributed by atoms with Crippen LogP contribution in [0.15, 0.2) is 24.3 Å². The summed E-state index contributed by atoms with van der Waals surface area (Å²) in [6.07, 6.45) is 5.32. The van der Waals surface area contributed by atoms with Crippen LogP contribution < -0.4 is 9.64 Å². The molecule has 0 N–H and O–H groups in total. The molecule has 2 saturated heterocycles. The summed E-state index contributed by atoms with van der Waals surface area (Å²) in [5.74, 6) is 0.633. The fraction of sp³-hybridized carbons (Fsp3) is 0.588. The van der Waals surface area contributed by atoms with Gasteiger partial charge in [-0.2, -0.15) is 15.1 Å². The molecule has 0 bridgehead atoms. The van der Waals surface area contributed by atoms with Gasteiger partial charge in [0, 0.05) is 58.7 Å². The molecular formula is C34H42ClFN8O2. The lowest BCUT2D eigenvalue weighted by atomic mass is 9.81. The lowest BCUT2D eigenvalue weighted by molar-refractivity contribution is 0.0821. The number of ether oxygens (including phenoxy) is 1. The van der Waals surface area contributed by atoms with Crippen LogP contribution in [0.1, 0.15) is 70.7 Å². The smallest absolute Gasteiger partial charge is 0.318 e. The summed E-state index contributed by atoms with van der Waals surface area (Å²) < 4.78 is 23.0. The van der Waals surface area contributed by atoms with Gasteiger partial charge in [-0.15, -0.1) is 0 Å². The molecule has 244 valence electrons. The van der Waals surface area contributed by atoms with Crippen LogP contribution in [0.3, 0.4) is 0 Å². The van der Waals surface area contributed by atoms with E-state index in [1.165, 1.54) is 16.0 Å². The lowest BCUT2D eigenvalue weighted by Gasteiger charge is -2.44. The highest BCUT2D eigenvalue weighted by molar-refractivity contribution is 6.34. The lowest BCUT2D eigenvalue weighted by Crippen LogP contribution is -2.48. The first-order valence-electron chi connectivity index (χ1n) is 16.6. The largest absolute Gasteiger partial charge is 0.461 e. The van der Waals surface area contributed by atoms with Crippen molar-refractivity contribution in [3.8, 4) is 6.01 Å². The zero-order valence-electron chi connectivity index (χ0n) is 26.9. The molecule has 2 fully saturated rings. The van der Waals surface area contributed by atoms with E-state index in [-0.39, 0.29) is 22.7 Å². The molecule has 0 radical (unpaired) electrons. The summed E-state index contributed by atoms with van der Waals surface area (Å²) in [7, 11) is 5.63. The Kier molecular flexibility index (Phi) is 7.30. The van der Waals surface area contributed by atoms with Crippen molar-refractivity contribution in [1.82, 2.24) is 34.4 Å². The molecule has 4 aliphatic heterocycles. The number of likely N-dealkylation sites (N-methyl/N-ethyl adjacent to an activating group) is 1. The van der Waals surface area contributed by atoms with Gasteiger partial charge in [-0.1, -0.05) is 35.9 Å². The molecule has 1 spiro atoms. The van der Waals surface area contributed by atoms with E-state index in [4.69, 9.17) is 26.3 Å². The third-order valence-electron chi connectivity index (χ3n) is 11.2. The van der Waals surface area contributed by atoms with Crippen molar-refractivity contribution in [2.45, 2.75) is 81.8 Å². The first-order valence-corrected chi connectivity index (χ1v) is 17.0. The van der Waals surface area contributed by atoms with E-state index in [0.29, 0.717) is 50.2 Å². The Bertz CT molecular complexity index is 1700. The molecule has 46 heavy (non-hydrogen) atoms. The molecule has 1 aliphatic carbocycles. The summed E-state index contributed by atoms with van der Waals surface area (Å²) in [6.45, 7) is 4.35. The van der Waals surface area contributed by atoms with Crippen molar-refractivity contribution in [3.63, 3.8) is 0 Å². The van der Waals surface area contributed by atoms with Gasteiger partial charge in [0.05, 0.1) is 34.0 Å². The van der Waals surface area contributed by atoms with Gasteiger partial charge < -0.3 is 14.5 Å². The van der Waals surface area contributed by atoms with Crippen LogP contribution in [-0.4, -0.2) is 99.5 Å². The quantitative estimate of drug-likeness (QED) is 0.407. The van der Waals surface area contributed by atoms with Crippen LogP contribution in [0, 0.1) is 0 Å². The van der Waals surface area contributed by atoms with Crippen LogP contribution in [-0.2, 0) is 38.0 Å². The second-order valence-corrected chi connectivity index (χ2v) is 14.5. The van der Waals surface area contributed by atoms with Gasteiger partial charge in [0.25, 0.3) is 5.91 Å². The van der Waals surface area contributed by atoms with E-state index in [1.807, 2.05) is 4.68 Å². The topological polar surface area (TPSA) is 82.9 Å². The van der Waals surface area contributed by atoms with Gasteiger partial charge in [0.15, 0.2) is 5.69 Å². The molecule has 12 heteroatoms. The Balaban J connectivity index is 1.18. The van der Waals surface area contributed by atoms with Gasteiger partial charge in [0.2, 0.25) is 0 Å². The highest BCUT2D eigenvalue weighted by atomic mass is 35.5. The predicted molar refractivity (Wildman–Crippen MR) is 173 cm³/mol. The number of carbonyl (C=O) groups is 1. The number of anilines is 1. The molecule has 2 aromatic heterocycles. The van der Waals surface area contributed by atoms with E-state index in [2.05, 4.69) is 51.1 Å². The zero-order valence-corrected chi connectivity index (χ0v) is 27.7. The standard InChI is InChI=1S/C34H42ClFN8O2/c1-40(2)31(45)29-28(35)27-20-42(13-7-15-44(27)39-29)30-24-19-41(3)34(12-10-22-8-4-5-9-25(22)34)17-26(24)37-32(38-30)46-21-33-11-6-14-43(33)18-23(36)16-33/h4-5,8-9,23H,6-7,10-21H2,1-3H3/t23-,33+,34+/m1/s1. The van der Waals surface area contributed by atoms with Crippen molar-refractivity contribution < 1.29 is 13.9 Å². The van der Waals surface area contributed by atoms with E-state index in [9.17, 15) is 9.18 Å². The maximum Gasteiger partial charge on any atom is 0.318 e. The number of nitrogens with zero attached hydrogens (tertiary/aromatic N) is 8. The Hall–Kier alpha value is -3.28. The van der Waals surface area contributed by atoms with Gasteiger partial charge in [-0.3, -0.25) is 19.3 Å². The van der Waals surface area contributed by atoms with Crippen LogP contribution in [0.2, 0.25) is 5.02 Å². The zero-order chi connectivity index (χ0) is 31.8. The average molecular weight is 649 g/mol. The van der Waals surface area contributed by atoms with Crippen LogP contribution in [0.25, 0.3) is 0 Å². The van der Waals surface area contributed by atoms with Crippen molar-refractivity contribution in [1.29, 1.82) is 0 Å². The Labute approximate surface area is 274 Å². The Morgan fingerprint density at radius 2 is 1.98 bits per heavy atom. The highest BCUT2D eigenvalue weighted by Gasteiger charge is 2.50. The first kappa shape index (κ1) is 30.1. The Morgan fingerprint density at radius 1 is 1.13 bits per heavy atom. The molecular weight excluding hydrogens is 607 g/mol. The number of hydrogen-bond acceptors (Lipinski definition) is 8. The molecule has 8 rings (SSSR count). The van der Waals surface area contributed by atoms with E-state index >= 15 is 0 Å². The van der Waals surface area contributed by atoms with Gasteiger partial charge in [0.1, 0.15) is 18.6 Å². The van der Waals surface area contributed by atoms with Crippen LogP contribution >= 0.6 is 11.6 Å². The van der Waals surface area contributed by atoms with Crippen LogP contribution in [0.4, 0.5) is 10.2 Å². The highest BCUT2D eigenvalue weighted by Crippen LogP contribution is 2.48. The van der Waals surface area contributed by atoms with Gasteiger partial charge >= 0.3 is 6.01 Å². The minimum Gasteiger partial charge on any atom is -0.461 e. The van der Waals surface area contributed by atoms with E-state index in [0.717, 1.165) is 74.4 Å². The summed E-state index contributed by atoms with van der Waals surface area (Å²) in [5.41, 5.74) is 5.57. The molecule has 6 heterocycles. The number of benzene rings is 1. The second-order valence-electron chi connectivity index (χ2n) is 14.1. The van der Waals surface area contributed by atoms with E-state index in [1.54, 1.807) is 14.1 Å². The molecule has 3 aromatic rings. The van der Waals surface area contributed by atoms with Gasteiger partial charge in [-0.05, 0) is 56.8 Å². The molecule has 5 aliphatic rings. The van der Waals surface area contributed by atoms with Crippen molar-refractivity contribution >= 4 is 23.3 Å². The third kappa shape index (κ3) is 4.72. The molecule has 1 aromatic carbocycles. The number of aryl methyl sites for hydroxylation is 2. The van der Waals surface area contributed by atoms with Crippen molar-refractivity contribution in [2.75, 3.05) is 52.3 Å². The number of aromatic nitrogens is 4. The Morgan fingerprint density at radius 3 is 2.83 bits per heavy atom. The summed E-state index contributed by atoms with van der Waals surface area (Å²) in [5, 5.41) is 5.02. The van der Waals surface area contributed by atoms with Crippen molar-refractivity contribution in [2.24, 2.45) is 0 Å². The molecule has 3 atom stereocenters. The SMILES string of the molecule is CN(C)C(=O)c1nn2c(c1Cl)CN(c1nc(OC[C@@]34CCCN3C[C@H](F)C4)nc3c1CN(C)[C@@]1(CCc4ccccc41)C3)CCC2. The fourth-order valence-corrected chi connectivity index (χ4v) is 9.11. The normalized spacial score (nSPS) is 27.3. The number of hydrogen-bond donors (Lipinski definition) is 0. The number of alkyl halides is 1. The summed E-state index contributed by atoms with van der Waals surface area (Å²) in [4.78, 5) is 31.6. The van der Waals surface area contributed by atoms with Crippen molar-refractivity contribution in [3.05, 3.63) is 63.1 Å². The number of fused-ring (bicyclic) bond motifs is 5. The molecule has 0 unspecified atom stereocenters. The maximum absolute atomic E-state index is 14.6. The minimum atomic E-state index is -0.822. The average Bonchev–Trinajstić information content (AvgIpc) is 3.72. The second kappa shape index (κ2) is 11.2. The summed E-state index contributed by atoms with van der Waals surface area (Å²) in [6, 6.07) is 9.15. The minimum absolute atomic E-state index is 0.136. The monoisotopic (exact) mass is 648 g/mol. The number of carbonyl (C=O) groups excluding carboxylic acids is 1. The number of amides is 1. The third-order valence-corrected chi connectivity index (χ3v) is 11.6. The first-order chi connectivity index (χ1) is 22.2. The summed E-state index contributed by atoms with van der Waals surface area (Å²) >= 11 is 6.86. The van der Waals surface area contributed by atoms with E-state index < -0.39 is 6.17 Å². The molecule has 0 saturated carbocycles. The van der Waals surface area contributed by atoms with Gasteiger partial charge in [-0.25, -0.2) is 4.39 Å². The maximum atomic E-state index is 14.6. The predicted octanol–water partition coefficient (Wildman–Crippen LogP) is 4.22.